The molecule has 0 spiro atoms. The van der Waals surface area contributed by atoms with E-state index in [1.54, 1.807) is 24.3 Å². The van der Waals surface area contributed by atoms with Gasteiger partial charge in [-0.25, -0.2) is 0 Å². The smallest absolute Gasteiger partial charge is 0.250 e. The highest BCUT2D eigenvalue weighted by molar-refractivity contribution is 9.10. The topological polar surface area (TPSA) is 83.2 Å². The molecule has 0 aliphatic heterocycles. The van der Waals surface area contributed by atoms with Crippen molar-refractivity contribution < 1.29 is 14.3 Å². The number of aryl methyl sites for hydroxylation is 1. The Balaban J connectivity index is 1.67. The number of benzene rings is 2. The molecule has 0 atom stereocenters. The van der Waals surface area contributed by atoms with Gasteiger partial charge in [0.05, 0.1) is 6.42 Å². The lowest BCUT2D eigenvalue weighted by molar-refractivity contribution is -0.119. The second-order valence-electron chi connectivity index (χ2n) is 6.20. The molecular weight excluding hydrogens is 410 g/mol. The number of methoxy groups -OCH3 is 1. The normalized spacial score (nSPS) is 10.8. The number of ether oxygens (including phenoxy) is 1. The van der Waals surface area contributed by atoms with Crippen molar-refractivity contribution in [3.05, 3.63) is 58.2 Å². The largest absolute Gasteiger partial charge is 0.375 e. The summed E-state index contributed by atoms with van der Waals surface area (Å²) < 4.78 is 5.75. The molecular formula is C20H20BrN3O3. The van der Waals surface area contributed by atoms with Crippen LogP contribution in [0.15, 0.2) is 46.9 Å². The van der Waals surface area contributed by atoms with Gasteiger partial charge in [-0.2, -0.15) is 0 Å². The summed E-state index contributed by atoms with van der Waals surface area (Å²) in [6, 6.07) is 12.9. The minimum Gasteiger partial charge on any atom is -0.375 e. The lowest BCUT2D eigenvalue weighted by Gasteiger charge is -2.08. The third kappa shape index (κ3) is 4.75. The molecule has 0 bridgehead atoms. The van der Waals surface area contributed by atoms with Crippen molar-refractivity contribution in [2.75, 3.05) is 24.4 Å². The Hall–Kier alpha value is -2.64. The molecule has 140 valence electrons. The number of hydrogen-bond donors (Lipinski definition) is 3. The summed E-state index contributed by atoms with van der Waals surface area (Å²) in [5.74, 6) is -0.328. The molecule has 3 aromatic rings. The highest BCUT2D eigenvalue weighted by Gasteiger charge is 2.13. The zero-order valence-electron chi connectivity index (χ0n) is 15.1. The van der Waals surface area contributed by atoms with E-state index in [0.717, 1.165) is 26.6 Å². The van der Waals surface area contributed by atoms with Crippen molar-refractivity contribution in [2.45, 2.75) is 13.3 Å². The van der Waals surface area contributed by atoms with Crippen LogP contribution >= 0.6 is 15.9 Å². The Kier molecular flexibility index (Phi) is 5.93. The summed E-state index contributed by atoms with van der Waals surface area (Å²) in [6.45, 7) is 1.96. The lowest BCUT2D eigenvalue weighted by Crippen LogP contribution is -2.17. The lowest BCUT2D eigenvalue weighted by atomic mass is 10.1. The zero-order chi connectivity index (χ0) is 19.4. The van der Waals surface area contributed by atoms with Crippen molar-refractivity contribution in [1.29, 1.82) is 0 Å². The highest BCUT2D eigenvalue weighted by atomic mass is 79.9. The fourth-order valence-corrected chi connectivity index (χ4v) is 3.27. The van der Waals surface area contributed by atoms with Crippen molar-refractivity contribution >= 4 is 50.0 Å². The molecule has 6 nitrogen and oxygen atoms in total. The first-order chi connectivity index (χ1) is 13.0. The molecule has 3 N–H and O–H groups in total. The Morgan fingerprint density at radius 1 is 1.04 bits per heavy atom. The summed E-state index contributed by atoms with van der Waals surface area (Å²) in [4.78, 5) is 27.3. The van der Waals surface area contributed by atoms with Crippen LogP contribution in [0.3, 0.4) is 0 Å². The summed E-state index contributed by atoms with van der Waals surface area (Å²) in [5.41, 5.74) is 4.28. The number of nitrogens with one attached hydrogen (secondary N) is 3. The number of halogens is 1. The van der Waals surface area contributed by atoms with Crippen LogP contribution in [0.5, 0.6) is 0 Å². The summed E-state index contributed by atoms with van der Waals surface area (Å²) in [6.07, 6.45) is 0.272. The quantitative estimate of drug-likeness (QED) is 0.553. The third-order valence-electron chi connectivity index (χ3n) is 4.15. The van der Waals surface area contributed by atoms with E-state index in [9.17, 15) is 9.59 Å². The van der Waals surface area contributed by atoms with Crippen LogP contribution in [0, 0.1) is 6.92 Å². The SMILES string of the molecule is COCC(=O)Nc1ccc(NC(=O)Cc2c(C)[nH]c3ccc(Br)cc23)cc1. The van der Waals surface area contributed by atoms with Gasteiger partial charge in [0.2, 0.25) is 11.8 Å². The molecule has 2 amide bonds. The average molecular weight is 430 g/mol. The molecule has 0 radical (unpaired) electrons. The zero-order valence-corrected chi connectivity index (χ0v) is 16.6. The van der Waals surface area contributed by atoms with E-state index in [0.29, 0.717) is 11.4 Å². The van der Waals surface area contributed by atoms with Gasteiger partial charge in [-0.1, -0.05) is 15.9 Å². The maximum Gasteiger partial charge on any atom is 0.250 e. The van der Waals surface area contributed by atoms with Crippen LogP contribution in [-0.4, -0.2) is 30.5 Å². The number of amides is 2. The second kappa shape index (κ2) is 8.37. The molecule has 1 aromatic heterocycles. The van der Waals surface area contributed by atoms with Crippen molar-refractivity contribution in [2.24, 2.45) is 0 Å². The van der Waals surface area contributed by atoms with Gasteiger partial charge in [0.25, 0.3) is 0 Å². The first kappa shape index (κ1) is 19.1. The van der Waals surface area contributed by atoms with Gasteiger partial charge in [-0.15, -0.1) is 0 Å². The predicted molar refractivity (Wildman–Crippen MR) is 110 cm³/mol. The number of carbonyl (C=O) groups excluding carboxylic acids is 2. The Morgan fingerprint density at radius 3 is 2.30 bits per heavy atom. The number of hydrogen-bond acceptors (Lipinski definition) is 3. The van der Waals surface area contributed by atoms with Crippen LogP contribution in [0.2, 0.25) is 0 Å². The standard InChI is InChI=1S/C20H20BrN3O3/c1-12-16(17-9-13(21)3-8-18(17)22-12)10-19(25)23-14-4-6-15(7-5-14)24-20(26)11-27-2/h3-9,22H,10-11H2,1-2H3,(H,23,25)(H,24,26). The number of rotatable bonds is 6. The van der Waals surface area contributed by atoms with Gasteiger partial charge >= 0.3 is 0 Å². The first-order valence-corrected chi connectivity index (χ1v) is 9.21. The Labute approximate surface area is 165 Å². The third-order valence-corrected chi connectivity index (χ3v) is 4.64. The minimum absolute atomic E-state index is 0.00141. The van der Waals surface area contributed by atoms with Crippen LogP contribution in [-0.2, 0) is 20.7 Å². The van der Waals surface area contributed by atoms with Crippen molar-refractivity contribution in [3.8, 4) is 0 Å². The first-order valence-electron chi connectivity index (χ1n) is 8.41. The van der Waals surface area contributed by atoms with Gasteiger partial charge in [-0.05, 0) is 55.0 Å². The molecule has 3 rings (SSSR count). The average Bonchev–Trinajstić information content (AvgIpc) is 2.92. The van der Waals surface area contributed by atoms with Crippen LogP contribution in [0.4, 0.5) is 11.4 Å². The fraction of sp³-hybridized carbons (Fsp3) is 0.200. The van der Waals surface area contributed by atoms with E-state index >= 15 is 0 Å². The Morgan fingerprint density at radius 2 is 1.67 bits per heavy atom. The summed E-state index contributed by atoms with van der Waals surface area (Å²) in [7, 11) is 1.46. The van der Waals surface area contributed by atoms with Gasteiger partial charge in [-0.3, -0.25) is 9.59 Å². The molecule has 7 heteroatoms. The van der Waals surface area contributed by atoms with Crippen LogP contribution in [0.25, 0.3) is 10.9 Å². The summed E-state index contributed by atoms with van der Waals surface area (Å²) in [5, 5.41) is 6.63. The van der Waals surface area contributed by atoms with Crippen LogP contribution in [0.1, 0.15) is 11.3 Å². The molecule has 0 aliphatic carbocycles. The Bertz CT molecular complexity index is 980. The van der Waals surface area contributed by atoms with Crippen molar-refractivity contribution in [3.63, 3.8) is 0 Å². The number of aromatic amines is 1. The number of fused-ring (bicyclic) bond motifs is 1. The molecule has 1 heterocycles. The van der Waals surface area contributed by atoms with E-state index in [1.807, 2.05) is 25.1 Å². The maximum absolute atomic E-state index is 12.5. The van der Waals surface area contributed by atoms with E-state index in [2.05, 4.69) is 31.5 Å². The van der Waals surface area contributed by atoms with Gasteiger partial charge in [0.15, 0.2) is 0 Å². The minimum atomic E-state index is -0.227. The molecule has 2 aromatic carbocycles. The summed E-state index contributed by atoms with van der Waals surface area (Å²) >= 11 is 3.48. The second-order valence-corrected chi connectivity index (χ2v) is 7.12. The maximum atomic E-state index is 12.5. The number of carbonyl (C=O) groups is 2. The molecule has 0 aliphatic rings. The van der Waals surface area contributed by atoms with Gasteiger partial charge < -0.3 is 20.4 Å². The predicted octanol–water partition coefficient (Wildman–Crippen LogP) is 4.00. The fourth-order valence-electron chi connectivity index (χ4n) is 2.91. The highest BCUT2D eigenvalue weighted by Crippen LogP contribution is 2.26. The molecule has 0 saturated heterocycles. The van der Waals surface area contributed by atoms with E-state index in [4.69, 9.17) is 4.74 Å². The number of anilines is 2. The van der Waals surface area contributed by atoms with E-state index in [-0.39, 0.29) is 24.8 Å². The van der Waals surface area contributed by atoms with Crippen LogP contribution < -0.4 is 10.6 Å². The molecule has 0 fully saturated rings. The molecule has 27 heavy (non-hydrogen) atoms. The van der Waals surface area contributed by atoms with E-state index < -0.39 is 0 Å². The van der Waals surface area contributed by atoms with Gasteiger partial charge in [0.1, 0.15) is 6.61 Å². The monoisotopic (exact) mass is 429 g/mol. The van der Waals surface area contributed by atoms with Crippen molar-refractivity contribution in [1.82, 2.24) is 4.98 Å². The number of aromatic nitrogens is 1. The van der Waals surface area contributed by atoms with E-state index in [1.165, 1.54) is 7.11 Å². The number of H-pyrrole nitrogens is 1. The molecule has 0 unspecified atom stereocenters. The molecule has 0 saturated carbocycles. The van der Waals surface area contributed by atoms with Gasteiger partial charge in [0, 0.05) is 39.6 Å².